The van der Waals surface area contributed by atoms with Crippen molar-refractivity contribution in [2.24, 2.45) is 0 Å². The predicted molar refractivity (Wildman–Crippen MR) is 134 cm³/mol. The van der Waals surface area contributed by atoms with Gasteiger partial charge < -0.3 is 25.4 Å². The Labute approximate surface area is 206 Å². The first-order chi connectivity index (χ1) is 17.0. The number of anilines is 3. The molecule has 0 atom stereocenters. The van der Waals surface area contributed by atoms with Gasteiger partial charge in [-0.15, -0.1) is 0 Å². The Balaban J connectivity index is 1.89. The highest BCUT2D eigenvalue weighted by Gasteiger charge is 2.22. The number of nitrogen functional groups attached to an aromatic ring is 1. The molecule has 0 aromatic heterocycles. The second-order valence-corrected chi connectivity index (χ2v) is 7.79. The number of methoxy groups -OCH3 is 1. The minimum atomic E-state index is -0.684. The SMILES string of the molecule is COc1cc(C(=O)N(C)c2ccc(C)cc2OC(C)=O)ccc1NC(=O)c1cccc([N+](=O)[O-])c1N. The molecule has 3 rings (SSSR count). The van der Waals surface area contributed by atoms with Crippen LogP contribution in [0.3, 0.4) is 0 Å². The largest absolute Gasteiger partial charge is 0.495 e. The fourth-order valence-corrected chi connectivity index (χ4v) is 3.47. The van der Waals surface area contributed by atoms with Gasteiger partial charge in [0.1, 0.15) is 11.4 Å². The number of nitrogens with one attached hydrogen (secondary N) is 1. The predicted octanol–water partition coefficient (Wildman–Crippen LogP) is 3.95. The van der Waals surface area contributed by atoms with E-state index < -0.39 is 22.7 Å². The van der Waals surface area contributed by atoms with E-state index in [-0.39, 0.29) is 39.7 Å². The van der Waals surface area contributed by atoms with E-state index in [0.717, 1.165) is 5.56 Å². The van der Waals surface area contributed by atoms with E-state index in [1.807, 2.05) is 6.92 Å². The number of hydrogen-bond acceptors (Lipinski definition) is 8. The number of carbonyl (C=O) groups is 3. The second kappa shape index (κ2) is 10.6. The van der Waals surface area contributed by atoms with Crippen LogP contribution in [0, 0.1) is 17.0 Å². The second-order valence-electron chi connectivity index (χ2n) is 7.79. The maximum atomic E-state index is 13.2. The van der Waals surface area contributed by atoms with Crippen molar-refractivity contribution < 1.29 is 28.8 Å². The third-order valence-corrected chi connectivity index (χ3v) is 5.26. The smallest absolute Gasteiger partial charge is 0.308 e. The van der Waals surface area contributed by atoms with Crippen molar-refractivity contribution in [3.63, 3.8) is 0 Å². The molecular formula is C25H24N4O7. The van der Waals surface area contributed by atoms with Gasteiger partial charge >= 0.3 is 5.97 Å². The quantitative estimate of drug-likeness (QED) is 0.165. The molecule has 3 aromatic rings. The number of ether oxygens (including phenoxy) is 2. The van der Waals surface area contributed by atoms with Crippen molar-refractivity contribution >= 4 is 40.5 Å². The van der Waals surface area contributed by atoms with Crippen molar-refractivity contribution in [1.82, 2.24) is 0 Å². The number of nitrogens with two attached hydrogens (primary N) is 1. The average molecular weight is 492 g/mol. The maximum absolute atomic E-state index is 13.2. The molecule has 0 spiro atoms. The average Bonchev–Trinajstić information content (AvgIpc) is 2.83. The molecule has 0 unspecified atom stereocenters. The van der Waals surface area contributed by atoms with Crippen molar-refractivity contribution in [1.29, 1.82) is 0 Å². The van der Waals surface area contributed by atoms with Gasteiger partial charge in [-0.3, -0.25) is 24.5 Å². The monoisotopic (exact) mass is 492 g/mol. The summed E-state index contributed by atoms with van der Waals surface area (Å²) in [6, 6.07) is 13.4. The van der Waals surface area contributed by atoms with E-state index in [1.54, 1.807) is 18.2 Å². The first-order valence-electron chi connectivity index (χ1n) is 10.6. The van der Waals surface area contributed by atoms with Crippen LogP contribution in [0.5, 0.6) is 11.5 Å². The third kappa shape index (κ3) is 5.41. The first kappa shape index (κ1) is 25.7. The zero-order valence-corrected chi connectivity index (χ0v) is 20.0. The molecule has 0 aliphatic rings. The van der Waals surface area contributed by atoms with E-state index >= 15 is 0 Å². The number of hydrogen-bond donors (Lipinski definition) is 2. The number of benzene rings is 3. The fraction of sp³-hybridized carbons (Fsp3) is 0.160. The van der Waals surface area contributed by atoms with E-state index in [9.17, 15) is 24.5 Å². The molecule has 0 heterocycles. The molecule has 0 saturated carbocycles. The first-order valence-corrected chi connectivity index (χ1v) is 10.6. The van der Waals surface area contributed by atoms with Crippen LogP contribution in [0.25, 0.3) is 0 Å². The number of carbonyl (C=O) groups excluding carboxylic acids is 3. The Hall–Kier alpha value is -4.93. The molecule has 3 N–H and O–H groups in total. The molecule has 2 amide bonds. The number of nitrogens with zero attached hydrogens (tertiary/aromatic N) is 2. The number of esters is 1. The topological polar surface area (TPSA) is 154 Å². The Kier molecular flexibility index (Phi) is 7.53. The molecule has 0 saturated heterocycles. The summed E-state index contributed by atoms with van der Waals surface area (Å²) in [6.45, 7) is 3.10. The van der Waals surface area contributed by atoms with E-state index in [4.69, 9.17) is 15.2 Å². The van der Waals surface area contributed by atoms with Crippen LogP contribution < -0.4 is 25.4 Å². The molecule has 186 valence electrons. The zero-order chi connectivity index (χ0) is 26.6. The van der Waals surface area contributed by atoms with Gasteiger partial charge in [-0.05, 0) is 48.9 Å². The highest BCUT2D eigenvalue weighted by Crippen LogP contribution is 2.32. The standard InChI is InChI=1S/C25H24N4O7/c1-14-8-11-19(22(12-14)36-15(2)30)28(3)25(32)16-9-10-18(21(13-16)35-4)27-24(31)17-6-5-7-20(23(17)26)29(33)34/h5-13H,26H2,1-4H3,(H,27,31). The van der Waals surface area contributed by atoms with Crippen molar-refractivity contribution in [2.75, 3.05) is 30.1 Å². The van der Waals surface area contributed by atoms with Gasteiger partial charge in [0.25, 0.3) is 17.5 Å². The summed E-state index contributed by atoms with van der Waals surface area (Å²) in [5.74, 6) is -1.21. The molecule has 11 heteroatoms. The van der Waals surface area contributed by atoms with Gasteiger partial charge in [0, 0.05) is 25.6 Å². The molecule has 0 bridgehead atoms. The molecule has 0 fully saturated rings. The van der Waals surface area contributed by atoms with Gasteiger partial charge in [0.2, 0.25) is 0 Å². The lowest BCUT2D eigenvalue weighted by Gasteiger charge is -2.21. The van der Waals surface area contributed by atoms with Crippen molar-refractivity contribution in [2.45, 2.75) is 13.8 Å². The molecule has 36 heavy (non-hydrogen) atoms. The van der Waals surface area contributed by atoms with Crippen LogP contribution in [0.1, 0.15) is 33.2 Å². The van der Waals surface area contributed by atoms with Crippen molar-refractivity contribution in [3.8, 4) is 11.5 Å². The third-order valence-electron chi connectivity index (χ3n) is 5.26. The van der Waals surface area contributed by atoms with E-state index in [1.165, 1.54) is 62.4 Å². The number of nitro benzene ring substituents is 1. The minimum absolute atomic E-state index is 0.0801. The highest BCUT2D eigenvalue weighted by molar-refractivity contribution is 6.10. The number of nitro groups is 1. The molecule has 11 nitrogen and oxygen atoms in total. The molecule has 3 aromatic carbocycles. The van der Waals surface area contributed by atoms with Crippen LogP contribution >= 0.6 is 0 Å². The van der Waals surface area contributed by atoms with E-state index in [0.29, 0.717) is 5.69 Å². The summed E-state index contributed by atoms with van der Waals surface area (Å²) in [5.41, 5.74) is 6.76. The minimum Gasteiger partial charge on any atom is -0.495 e. The lowest BCUT2D eigenvalue weighted by atomic mass is 10.1. The van der Waals surface area contributed by atoms with E-state index in [2.05, 4.69) is 5.32 Å². The lowest BCUT2D eigenvalue weighted by Crippen LogP contribution is -2.27. The normalized spacial score (nSPS) is 10.3. The van der Waals surface area contributed by atoms with Gasteiger partial charge in [-0.2, -0.15) is 0 Å². The summed E-state index contributed by atoms with van der Waals surface area (Å²) in [6.07, 6.45) is 0. The van der Waals surface area contributed by atoms with Crippen LogP contribution in [0.2, 0.25) is 0 Å². The van der Waals surface area contributed by atoms with Crippen LogP contribution in [-0.2, 0) is 4.79 Å². The number of rotatable bonds is 7. The van der Waals surface area contributed by atoms with Gasteiger partial charge in [-0.25, -0.2) is 0 Å². The van der Waals surface area contributed by atoms with Crippen LogP contribution in [-0.4, -0.2) is 36.9 Å². The fourth-order valence-electron chi connectivity index (χ4n) is 3.47. The zero-order valence-electron chi connectivity index (χ0n) is 20.0. The highest BCUT2D eigenvalue weighted by atomic mass is 16.6. The Bertz CT molecular complexity index is 1370. The van der Waals surface area contributed by atoms with Crippen LogP contribution in [0.15, 0.2) is 54.6 Å². The van der Waals surface area contributed by atoms with Gasteiger partial charge in [0.15, 0.2) is 5.75 Å². The number of amides is 2. The lowest BCUT2D eigenvalue weighted by molar-refractivity contribution is -0.383. The summed E-state index contributed by atoms with van der Waals surface area (Å²) < 4.78 is 10.6. The Morgan fingerprint density at radius 1 is 1.06 bits per heavy atom. The molecular weight excluding hydrogens is 468 g/mol. The number of para-hydroxylation sites is 1. The summed E-state index contributed by atoms with van der Waals surface area (Å²) in [7, 11) is 2.90. The molecule has 0 aliphatic carbocycles. The van der Waals surface area contributed by atoms with Gasteiger partial charge in [-0.1, -0.05) is 12.1 Å². The van der Waals surface area contributed by atoms with Gasteiger partial charge in [0.05, 0.1) is 29.0 Å². The summed E-state index contributed by atoms with van der Waals surface area (Å²) >= 11 is 0. The molecule has 0 aliphatic heterocycles. The Morgan fingerprint density at radius 2 is 1.78 bits per heavy atom. The maximum Gasteiger partial charge on any atom is 0.308 e. The van der Waals surface area contributed by atoms with Crippen LogP contribution in [0.4, 0.5) is 22.7 Å². The Morgan fingerprint density at radius 3 is 2.42 bits per heavy atom. The molecule has 0 radical (unpaired) electrons. The van der Waals surface area contributed by atoms with Crippen molar-refractivity contribution in [3.05, 3.63) is 81.4 Å². The summed E-state index contributed by atoms with van der Waals surface area (Å²) in [4.78, 5) is 49.2. The number of aryl methyl sites for hydroxylation is 1. The summed E-state index contributed by atoms with van der Waals surface area (Å²) in [5, 5.41) is 13.7.